The minimum atomic E-state index is -0.471. The van der Waals surface area contributed by atoms with Crippen LogP contribution in [0.2, 0.25) is 0 Å². The molecule has 0 spiro atoms. The highest BCUT2D eigenvalue weighted by Crippen LogP contribution is 2.40. The summed E-state index contributed by atoms with van der Waals surface area (Å²) in [7, 11) is 0. The normalized spacial score (nSPS) is 14.5. The topological polar surface area (TPSA) is 102 Å². The highest BCUT2D eigenvalue weighted by atomic mass is 16.5. The van der Waals surface area contributed by atoms with E-state index in [-0.39, 0.29) is 24.2 Å². The van der Waals surface area contributed by atoms with Crippen LogP contribution in [0.4, 0.5) is 5.82 Å². The Morgan fingerprint density at radius 2 is 2.04 bits per heavy atom. The molecule has 144 valence electrons. The van der Waals surface area contributed by atoms with Gasteiger partial charge in [0.2, 0.25) is 5.91 Å². The Bertz CT molecular complexity index is 975. The maximum absolute atomic E-state index is 12.2. The number of hydrogen-bond donors (Lipinski definition) is 2. The maximum atomic E-state index is 12.2. The van der Waals surface area contributed by atoms with Gasteiger partial charge in [-0.3, -0.25) is 9.59 Å². The molecule has 1 fully saturated rings. The van der Waals surface area contributed by atoms with E-state index in [9.17, 15) is 9.59 Å². The van der Waals surface area contributed by atoms with Gasteiger partial charge in [0.15, 0.2) is 11.5 Å². The molecule has 0 bridgehead atoms. The van der Waals surface area contributed by atoms with E-state index in [1.807, 2.05) is 35.0 Å². The highest BCUT2D eigenvalue weighted by Gasteiger charge is 2.30. The molecule has 1 atom stereocenters. The molecule has 2 N–H and O–H groups in total. The number of aromatic nitrogens is 3. The molecule has 8 nitrogen and oxygen atoms in total. The van der Waals surface area contributed by atoms with Gasteiger partial charge in [-0.25, -0.2) is 4.68 Å². The van der Waals surface area contributed by atoms with Crippen LogP contribution in [0.15, 0.2) is 53.2 Å². The summed E-state index contributed by atoms with van der Waals surface area (Å²) in [4.78, 5) is 24.5. The van der Waals surface area contributed by atoms with Crippen LogP contribution >= 0.6 is 0 Å². The largest absolute Gasteiger partial charge is 0.355 e. The zero-order valence-electron chi connectivity index (χ0n) is 15.5. The minimum absolute atomic E-state index is 0.124. The minimum Gasteiger partial charge on any atom is -0.355 e. The summed E-state index contributed by atoms with van der Waals surface area (Å²) in [6, 6.07) is 12.9. The number of anilines is 1. The molecule has 1 unspecified atom stereocenters. The van der Waals surface area contributed by atoms with Crippen molar-refractivity contribution < 1.29 is 14.1 Å². The fraction of sp³-hybridized carbons (Fsp3) is 0.300. The van der Waals surface area contributed by atoms with Crippen molar-refractivity contribution in [2.75, 3.05) is 11.9 Å². The van der Waals surface area contributed by atoms with Crippen LogP contribution < -0.4 is 10.6 Å². The second-order valence-corrected chi connectivity index (χ2v) is 6.91. The first kappa shape index (κ1) is 18.0. The van der Waals surface area contributed by atoms with Crippen molar-refractivity contribution in [3.05, 3.63) is 54.4 Å². The first-order valence-electron chi connectivity index (χ1n) is 9.25. The van der Waals surface area contributed by atoms with Gasteiger partial charge in [-0.15, -0.1) is 0 Å². The van der Waals surface area contributed by atoms with Gasteiger partial charge in [0.05, 0.1) is 18.8 Å². The standard InChI is InChI=1S/C20H21N5O3/c1-13(14-7-8-14)25-18(9-10-22-25)23-19(26)12-21-20(27)16-11-17(28-24-16)15-5-3-2-4-6-15/h2-6,9-11,13-14H,7-8,12H2,1H3,(H,21,27)(H,23,26). The lowest BCUT2D eigenvalue weighted by molar-refractivity contribution is -0.115. The summed E-state index contributed by atoms with van der Waals surface area (Å²) >= 11 is 0. The molecule has 1 aliphatic rings. The zero-order valence-corrected chi connectivity index (χ0v) is 15.5. The average Bonchev–Trinajstić information content (AvgIpc) is 3.26. The Balaban J connectivity index is 1.32. The summed E-state index contributed by atoms with van der Waals surface area (Å²) in [6.45, 7) is 1.92. The van der Waals surface area contributed by atoms with Crippen molar-refractivity contribution in [2.45, 2.75) is 25.8 Å². The van der Waals surface area contributed by atoms with Gasteiger partial charge in [-0.1, -0.05) is 35.5 Å². The van der Waals surface area contributed by atoms with Crippen molar-refractivity contribution in [2.24, 2.45) is 5.92 Å². The lowest BCUT2D eigenvalue weighted by Crippen LogP contribution is -2.33. The summed E-state index contributed by atoms with van der Waals surface area (Å²) in [6.07, 6.45) is 4.04. The monoisotopic (exact) mass is 379 g/mol. The fourth-order valence-electron chi connectivity index (χ4n) is 3.07. The lowest BCUT2D eigenvalue weighted by atomic mass is 10.1. The van der Waals surface area contributed by atoms with Crippen LogP contribution in [0.25, 0.3) is 11.3 Å². The fourth-order valence-corrected chi connectivity index (χ4v) is 3.07. The van der Waals surface area contributed by atoms with Gasteiger partial charge in [0.1, 0.15) is 5.82 Å². The van der Waals surface area contributed by atoms with Gasteiger partial charge < -0.3 is 15.2 Å². The molecule has 1 aliphatic carbocycles. The lowest BCUT2D eigenvalue weighted by Gasteiger charge is -2.15. The van der Waals surface area contributed by atoms with Crippen molar-refractivity contribution >= 4 is 17.6 Å². The van der Waals surface area contributed by atoms with Crippen LogP contribution in [-0.2, 0) is 4.79 Å². The predicted octanol–water partition coefficient (Wildman–Crippen LogP) is 2.88. The second kappa shape index (κ2) is 7.67. The third kappa shape index (κ3) is 3.95. The van der Waals surface area contributed by atoms with Gasteiger partial charge in [0.25, 0.3) is 5.91 Å². The molecule has 8 heteroatoms. The van der Waals surface area contributed by atoms with E-state index in [0.29, 0.717) is 17.5 Å². The number of amides is 2. The van der Waals surface area contributed by atoms with Crippen molar-refractivity contribution in [3.8, 4) is 11.3 Å². The summed E-state index contributed by atoms with van der Waals surface area (Å²) in [5.74, 6) is 0.937. The summed E-state index contributed by atoms with van der Waals surface area (Å²) in [5, 5.41) is 13.4. The van der Waals surface area contributed by atoms with Gasteiger partial charge in [0, 0.05) is 17.7 Å². The van der Waals surface area contributed by atoms with Crippen molar-refractivity contribution in [1.29, 1.82) is 0 Å². The first-order valence-corrected chi connectivity index (χ1v) is 9.25. The van der Waals surface area contributed by atoms with Gasteiger partial charge >= 0.3 is 0 Å². The van der Waals surface area contributed by atoms with Crippen molar-refractivity contribution in [1.82, 2.24) is 20.3 Å². The molecular weight excluding hydrogens is 358 g/mol. The van der Waals surface area contributed by atoms with Crippen LogP contribution in [0.1, 0.15) is 36.3 Å². The van der Waals surface area contributed by atoms with E-state index in [4.69, 9.17) is 4.52 Å². The van der Waals surface area contributed by atoms with E-state index in [1.54, 1.807) is 18.3 Å². The molecular formula is C20H21N5O3. The van der Waals surface area contributed by atoms with Crippen LogP contribution in [0, 0.1) is 5.92 Å². The Morgan fingerprint density at radius 1 is 1.25 bits per heavy atom. The first-order chi connectivity index (χ1) is 13.6. The number of benzene rings is 1. The Hall–Kier alpha value is -3.42. The zero-order chi connectivity index (χ0) is 19.5. The van der Waals surface area contributed by atoms with Crippen LogP contribution in [-0.4, -0.2) is 33.3 Å². The number of rotatable bonds is 7. The molecule has 0 radical (unpaired) electrons. The Morgan fingerprint density at radius 3 is 2.79 bits per heavy atom. The highest BCUT2D eigenvalue weighted by molar-refractivity contribution is 5.98. The molecule has 4 rings (SSSR count). The SMILES string of the molecule is CC(C1CC1)n1nccc1NC(=O)CNC(=O)c1cc(-c2ccccc2)on1. The molecule has 2 amide bonds. The van der Waals surface area contributed by atoms with E-state index in [1.165, 1.54) is 12.8 Å². The van der Waals surface area contributed by atoms with Gasteiger partial charge in [-0.2, -0.15) is 5.10 Å². The number of carbonyl (C=O) groups excluding carboxylic acids is 2. The predicted molar refractivity (Wildman–Crippen MR) is 103 cm³/mol. The smallest absolute Gasteiger partial charge is 0.273 e. The Labute approximate surface area is 161 Å². The molecule has 0 aliphatic heterocycles. The molecule has 3 aromatic rings. The molecule has 1 saturated carbocycles. The third-order valence-corrected chi connectivity index (χ3v) is 4.84. The Kier molecular flexibility index (Phi) is 4.92. The summed E-state index contributed by atoms with van der Waals surface area (Å²) in [5.41, 5.74) is 0.948. The van der Waals surface area contributed by atoms with Crippen LogP contribution in [0.5, 0.6) is 0 Å². The number of nitrogens with one attached hydrogen (secondary N) is 2. The molecule has 28 heavy (non-hydrogen) atoms. The van der Waals surface area contributed by atoms with E-state index >= 15 is 0 Å². The number of hydrogen-bond acceptors (Lipinski definition) is 5. The molecule has 2 heterocycles. The van der Waals surface area contributed by atoms with Crippen LogP contribution in [0.3, 0.4) is 0 Å². The number of carbonyl (C=O) groups is 2. The average molecular weight is 379 g/mol. The molecule has 2 aromatic heterocycles. The summed E-state index contributed by atoms with van der Waals surface area (Å²) < 4.78 is 7.03. The van der Waals surface area contributed by atoms with E-state index in [0.717, 1.165) is 5.56 Å². The quantitative estimate of drug-likeness (QED) is 0.657. The second-order valence-electron chi connectivity index (χ2n) is 6.91. The third-order valence-electron chi connectivity index (χ3n) is 4.84. The molecule has 0 saturated heterocycles. The van der Waals surface area contributed by atoms with E-state index in [2.05, 4.69) is 27.8 Å². The number of nitrogens with zero attached hydrogens (tertiary/aromatic N) is 3. The van der Waals surface area contributed by atoms with Crippen molar-refractivity contribution in [3.63, 3.8) is 0 Å². The van der Waals surface area contributed by atoms with E-state index < -0.39 is 5.91 Å². The maximum Gasteiger partial charge on any atom is 0.273 e. The molecule has 1 aromatic carbocycles. The van der Waals surface area contributed by atoms with Gasteiger partial charge in [-0.05, 0) is 25.7 Å².